The highest BCUT2D eigenvalue weighted by molar-refractivity contribution is 6.01. The van der Waals surface area contributed by atoms with Gasteiger partial charge in [0.05, 0.1) is 12.2 Å². The van der Waals surface area contributed by atoms with E-state index in [9.17, 15) is 13.2 Å². The van der Waals surface area contributed by atoms with Crippen molar-refractivity contribution in [3.63, 3.8) is 0 Å². The van der Waals surface area contributed by atoms with E-state index in [1.807, 2.05) is 0 Å². The van der Waals surface area contributed by atoms with Crippen LogP contribution in [0.4, 0.5) is 13.2 Å². The van der Waals surface area contributed by atoms with Gasteiger partial charge in [0, 0.05) is 12.7 Å². The lowest BCUT2D eigenvalue weighted by molar-refractivity contribution is -0.137. The van der Waals surface area contributed by atoms with Gasteiger partial charge in [-0.25, -0.2) is 0 Å². The van der Waals surface area contributed by atoms with Gasteiger partial charge in [0.2, 0.25) is 0 Å². The zero-order valence-electron chi connectivity index (χ0n) is 8.45. The monoisotopic (exact) mass is 233 g/mol. The Kier molecular flexibility index (Phi) is 3.89. The Balaban J connectivity index is 2.94. The van der Waals surface area contributed by atoms with E-state index in [0.717, 1.165) is 12.1 Å². The van der Waals surface area contributed by atoms with E-state index >= 15 is 0 Å². The van der Waals surface area contributed by atoms with Gasteiger partial charge in [0.15, 0.2) is 0 Å². The topological polar surface area (TPSA) is 41.8 Å². The van der Waals surface area contributed by atoms with Crippen molar-refractivity contribution in [3.05, 3.63) is 35.4 Å². The number of alkyl halides is 3. The second-order valence-corrected chi connectivity index (χ2v) is 3.05. The van der Waals surface area contributed by atoms with Crippen LogP contribution >= 0.6 is 0 Å². The summed E-state index contributed by atoms with van der Waals surface area (Å²) >= 11 is 0. The van der Waals surface area contributed by atoms with E-state index in [0.29, 0.717) is 5.56 Å². The van der Waals surface area contributed by atoms with Crippen LogP contribution in [0.5, 0.6) is 0 Å². The number of rotatable bonds is 3. The number of hydrogen-bond acceptors (Lipinski definition) is 3. The fourth-order valence-corrected chi connectivity index (χ4v) is 1.16. The van der Waals surface area contributed by atoms with E-state index in [2.05, 4.69) is 5.16 Å². The molecule has 1 N–H and O–H groups in total. The zero-order chi connectivity index (χ0) is 12.2. The van der Waals surface area contributed by atoms with Gasteiger partial charge in [0.25, 0.3) is 0 Å². The number of benzene rings is 1. The first-order chi connectivity index (χ1) is 7.49. The van der Waals surface area contributed by atoms with Crippen LogP contribution in [0.2, 0.25) is 0 Å². The first kappa shape index (κ1) is 12.5. The van der Waals surface area contributed by atoms with Crippen LogP contribution in [0.3, 0.4) is 0 Å². The standard InChI is InChI=1S/C10H10F3NO2/c1-16-6-9(14-15)7-2-4-8(5-3-7)10(11,12)13/h2-5,15H,6H2,1H3/b14-9+. The number of oxime groups is 1. The summed E-state index contributed by atoms with van der Waals surface area (Å²) in [6.07, 6.45) is -4.36. The minimum Gasteiger partial charge on any atom is -0.411 e. The summed E-state index contributed by atoms with van der Waals surface area (Å²) in [4.78, 5) is 0. The number of halogens is 3. The molecule has 0 aliphatic rings. The van der Waals surface area contributed by atoms with Gasteiger partial charge in [-0.2, -0.15) is 13.2 Å². The zero-order valence-corrected chi connectivity index (χ0v) is 8.45. The normalized spacial score (nSPS) is 12.9. The van der Waals surface area contributed by atoms with E-state index < -0.39 is 11.7 Å². The fraction of sp³-hybridized carbons (Fsp3) is 0.300. The molecule has 0 radical (unpaired) electrons. The molecule has 1 rings (SSSR count). The average Bonchev–Trinajstić information content (AvgIpc) is 2.25. The lowest BCUT2D eigenvalue weighted by atomic mass is 10.1. The Labute approximate surface area is 90.1 Å². The molecule has 6 heteroatoms. The van der Waals surface area contributed by atoms with Crippen molar-refractivity contribution < 1.29 is 23.1 Å². The predicted molar refractivity (Wildman–Crippen MR) is 51.6 cm³/mol. The molecule has 0 aromatic heterocycles. The van der Waals surface area contributed by atoms with Crippen LogP contribution in [0.15, 0.2) is 29.4 Å². The predicted octanol–water partition coefficient (Wildman–Crippen LogP) is 2.53. The second-order valence-electron chi connectivity index (χ2n) is 3.05. The quantitative estimate of drug-likeness (QED) is 0.495. The molecule has 88 valence electrons. The molecule has 16 heavy (non-hydrogen) atoms. The Bertz CT molecular complexity index is 371. The molecule has 0 fully saturated rings. The summed E-state index contributed by atoms with van der Waals surface area (Å²) in [5.41, 5.74) is -0.181. The minimum absolute atomic E-state index is 0.0296. The summed E-state index contributed by atoms with van der Waals surface area (Å²) in [6.45, 7) is 0.0296. The SMILES string of the molecule is COC/C(=N\O)c1ccc(C(F)(F)F)cc1. The Hall–Kier alpha value is -1.56. The molecule has 3 nitrogen and oxygen atoms in total. The van der Waals surface area contributed by atoms with Crippen molar-refractivity contribution in [1.29, 1.82) is 0 Å². The van der Waals surface area contributed by atoms with Crippen LogP contribution in [0, 0.1) is 0 Å². The molecule has 1 aromatic rings. The summed E-state index contributed by atoms with van der Waals surface area (Å²) in [5.74, 6) is 0. The number of ether oxygens (including phenoxy) is 1. The molecular formula is C10H10F3NO2. The van der Waals surface area contributed by atoms with E-state index in [1.165, 1.54) is 19.2 Å². The molecule has 0 amide bonds. The van der Waals surface area contributed by atoms with Crippen molar-refractivity contribution in [3.8, 4) is 0 Å². The molecule has 0 aliphatic carbocycles. The largest absolute Gasteiger partial charge is 0.416 e. The Morgan fingerprint density at radius 3 is 2.25 bits per heavy atom. The van der Waals surface area contributed by atoms with Crippen LogP contribution in [-0.4, -0.2) is 24.6 Å². The molecule has 0 saturated carbocycles. The van der Waals surface area contributed by atoms with Crippen LogP contribution in [-0.2, 0) is 10.9 Å². The lowest BCUT2D eigenvalue weighted by Crippen LogP contribution is -2.10. The molecule has 0 heterocycles. The van der Waals surface area contributed by atoms with E-state index in [1.54, 1.807) is 0 Å². The van der Waals surface area contributed by atoms with Crippen LogP contribution < -0.4 is 0 Å². The van der Waals surface area contributed by atoms with Crippen LogP contribution in [0.25, 0.3) is 0 Å². The maximum atomic E-state index is 12.2. The number of nitrogens with zero attached hydrogens (tertiary/aromatic N) is 1. The number of methoxy groups -OCH3 is 1. The Morgan fingerprint density at radius 2 is 1.88 bits per heavy atom. The third-order valence-electron chi connectivity index (χ3n) is 1.95. The van der Waals surface area contributed by atoms with Gasteiger partial charge >= 0.3 is 6.18 Å². The van der Waals surface area contributed by atoms with Crippen molar-refractivity contribution in [2.45, 2.75) is 6.18 Å². The smallest absolute Gasteiger partial charge is 0.411 e. The summed E-state index contributed by atoms with van der Waals surface area (Å²) in [6, 6.07) is 4.32. The summed E-state index contributed by atoms with van der Waals surface area (Å²) in [5, 5.41) is 11.6. The first-order valence-corrected chi connectivity index (χ1v) is 4.36. The van der Waals surface area contributed by atoms with E-state index in [4.69, 9.17) is 9.94 Å². The highest BCUT2D eigenvalue weighted by atomic mass is 19.4. The van der Waals surface area contributed by atoms with Gasteiger partial charge in [-0.3, -0.25) is 0 Å². The molecule has 0 unspecified atom stereocenters. The summed E-state index contributed by atoms with van der Waals surface area (Å²) in [7, 11) is 1.40. The van der Waals surface area contributed by atoms with Gasteiger partial charge in [0.1, 0.15) is 5.71 Å². The summed E-state index contributed by atoms with van der Waals surface area (Å²) < 4.78 is 41.5. The lowest BCUT2D eigenvalue weighted by Gasteiger charge is -2.08. The number of hydrogen-bond donors (Lipinski definition) is 1. The third-order valence-corrected chi connectivity index (χ3v) is 1.95. The van der Waals surface area contributed by atoms with Crippen molar-refractivity contribution >= 4 is 5.71 Å². The van der Waals surface area contributed by atoms with Gasteiger partial charge in [-0.15, -0.1) is 0 Å². The molecule has 1 aromatic carbocycles. The molecule has 0 aliphatic heterocycles. The maximum Gasteiger partial charge on any atom is 0.416 e. The fourth-order valence-electron chi connectivity index (χ4n) is 1.16. The molecule has 0 atom stereocenters. The maximum absolute atomic E-state index is 12.2. The second kappa shape index (κ2) is 4.98. The van der Waals surface area contributed by atoms with Gasteiger partial charge in [-0.1, -0.05) is 17.3 Å². The highest BCUT2D eigenvalue weighted by Gasteiger charge is 2.30. The Morgan fingerprint density at radius 1 is 1.31 bits per heavy atom. The first-order valence-electron chi connectivity index (χ1n) is 4.36. The average molecular weight is 233 g/mol. The molecule has 0 saturated heterocycles. The van der Waals surface area contributed by atoms with Gasteiger partial charge in [-0.05, 0) is 12.1 Å². The van der Waals surface area contributed by atoms with Crippen molar-refractivity contribution in [2.24, 2.45) is 5.16 Å². The molecule has 0 spiro atoms. The molecule has 0 bridgehead atoms. The van der Waals surface area contributed by atoms with Crippen molar-refractivity contribution in [1.82, 2.24) is 0 Å². The molecular weight excluding hydrogens is 223 g/mol. The minimum atomic E-state index is -4.36. The highest BCUT2D eigenvalue weighted by Crippen LogP contribution is 2.29. The van der Waals surface area contributed by atoms with Crippen molar-refractivity contribution in [2.75, 3.05) is 13.7 Å². The van der Waals surface area contributed by atoms with E-state index in [-0.39, 0.29) is 12.3 Å². The van der Waals surface area contributed by atoms with Gasteiger partial charge < -0.3 is 9.94 Å². The third kappa shape index (κ3) is 2.96. The van der Waals surface area contributed by atoms with Crippen LogP contribution in [0.1, 0.15) is 11.1 Å².